The first kappa shape index (κ1) is 15.5. The molecule has 110 valence electrons. The predicted octanol–water partition coefficient (Wildman–Crippen LogP) is 2.93. The number of hydrogen-bond donors (Lipinski definition) is 0. The molecule has 0 saturated heterocycles. The fourth-order valence-electron chi connectivity index (χ4n) is 2.71. The van der Waals surface area contributed by atoms with E-state index in [2.05, 4.69) is 55.2 Å². The Labute approximate surface area is 127 Å². The second-order valence-electron chi connectivity index (χ2n) is 5.50. The van der Waals surface area contributed by atoms with Crippen LogP contribution in [0.3, 0.4) is 0 Å². The van der Waals surface area contributed by atoms with Gasteiger partial charge >= 0.3 is 0 Å². The molecule has 1 aromatic carbocycles. The van der Waals surface area contributed by atoms with Gasteiger partial charge in [0.25, 0.3) is 0 Å². The highest BCUT2D eigenvalue weighted by molar-refractivity contribution is 5.85. The largest absolute Gasteiger partial charge is 0.372 e. The summed E-state index contributed by atoms with van der Waals surface area (Å²) >= 11 is 0. The van der Waals surface area contributed by atoms with Crippen molar-refractivity contribution in [3.63, 3.8) is 0 Å². The fraction of sp³-hybridized carbons (Fsp3) is 0.389. The SMILES string of the molecule is C#CN=C/C=C(\C)c1cccc2c1CCO[C@@H]2CN(C)C. The van der Waals surface area contributed by atoms with E-state index in [9.17, 15) is 0 Å². The van der Waals surface area contributed by atoms with Gasteiger partial charge in [-0.25, -0.2) is 4.99 Å². The molecule has 1 aliphatic rings. The number of hydrogen-bond acceptors (Lipinski definition) is 3. The van der Waals surface area contributed by atoms with Crippen molar-refractivity contribution in [3.05, 3.63) is 41.0 Å². The third-order valence-electron chi connectivity index (χ3n) is 3.66. The minimum absolute atomic E-state index is 0.149. The molecule has 0 fully saturated rings. The summed E-state index contributed by atoms with van der Waals surface area (Å²) < 4.78 is 5.93. The van der Waals surface area contributed by atoms with Crippen molar-refractivity contribution in [2.24, 2.45) is 4.99 Å². The van der Waals surface area contributed by atoms with Crippen LogP contribution in [-0.4, -0.2) is 38.4 Å². The minimum Gasteiger partial charge on any atom is -0.372 e. The highest BCUT2D eigenvalue weighted by Crippen LogP contribution is 2.32. The molecule has 0 N–H and O–H groups in total. The lowest BCUT2D eigenvalue weighted by Crippen LogP contribution is -2.27. The molecule has 1 aliphatic heterocycles. The summed E-state index contributed by atoms with van der Waals surface area (Å²) in [4.78, 5) is 5.96. The number of fused-ring (bicyclic) bond motifs is 1. The average molecular weight is 282 g/mol. The molecule has 0 aliphatic carbocycles. The van der Waals surface area contributed by atoms with Crippen LogP contribution in [0, 0.1) is 12.5 Å². The zero-order chi connectivity index (χ0) is 15.2. The maximum atomic E-state index is 5.93. The molecule has 3 nitrogen and oxygen atoms in total. The van der Waals surface area contributed by atoms with Crippen molar-refractivity contribution in [1.29, 1.82) is 0 Å². The molecule has 0 spiro atoms. The first-order valence-corrected chi connectivity index (χ1v) is 7.17. The summed E-state index contributed by atoms with van der Waals surface area (Å²) in [5.74, 6) is 0. The number of nitrogens with zero attached hydrogens (tertiary/aromatic N) is 2. The van der Waals surface area contributed by atoms with E-state index in [0.29, 0.717) is 0 Å². The van der Waals surface area contributed by atoms with Crippen LogP contribution in [0.5, 0.6) is 0 Å². The number of aliphatic imine (C=N–C) groups is 1. The van der Waals surface area contributed by atoms with Crippen LogP contribution < -0.4 is 0 Å². The van der Waals surface area contributed by atoms with Gasteiger partial charge in [0.15, 0.2) is 0 Å². The predicted molar refractivity (Wildman–Crippen MR) is 88.4 cm³/mol. The van der Waals surface area contributed by atoms with E-state index in [1.54, 1.807) is 6.21 Å². The summed E-state index contributed by atoms with van der Waals surface area (Å²) in [5.41, 5.74) is 5.13. The molecule has 0 saturated carbocycles. The van der Waals surface area contributed by atoms with Crippen molar-refractivity contribution in [3.8, 4) is 12.5 Å². The van der Waals surface area contributed by atoms with Crippen molar-refractivity contribution in [2.75, 3.05) is 27.2 Å². The Morgan fingerprint density at radius 3 is 3.05 bits per heavy atom. The van der Waals surface area contributed by atoms with Crippen LogP contribution in [0.1, 0.15) is 29.7 Å². The van der Waals surface area contributed by atoms with E-state index in [-0.39, 0.29) is 6.10 Å². The lowest BCUT2D eigenvalue weighted by molar-refractivity contribution is 0.0254. The maximum absolute atomic E-state index is 5.93. The van der Waals surface area contributed by atoms with Crippen LogP contribution in [0.4, 0.5) is 0 Å². The van der Waals surface area contributed by atoms with Gasteiger partial charge in [-0.2, -0.15) is 0 Å². The molecule has 0 bridgehead atoms. The summed E-state index contributed by atoms with van der Waals surface area (Å²) in [6, 6.07) is 8.70. The topological polar surface area (TPSA) is 24.8 Å². The first-order valence-electron chi connectivity index (χ1n) is 7.17. The summed E-state index contributed by atoms with van der Waals surface area (Å²) in [7, 11) is 4.14. The van der Waals surface area contributed by atoms with Gasteiger partial charge in [0.1, 0.15) is 0 Å². The zero-order valence-electron chi connectivity index (χ0n) is 13.0. The molecule has 21 heavy (non-hydrogen) atoms. The Morgan fingerprint density at radius 2 is 2.33 bits per heavy atom. The molecular formula is C18H22N2O. The maximum Gasteiger partial charge on any atom is 0.0954 e. The Morgan fingerprint density at radius 1 is 1.52 bits per heavy atom. The second kappa shape index (κ2) is 7.21. The molecule has 1 aromatic rings. The third-order valence-corrected chi connectivity index (χ3v) is 3.66. The Kier molecular flexibility index (Phi) is 5.32. The van der Waals surface area contributed by atoms with E-state index in [4.69, 9.17) is 11.2 Å². The van der Waals surface area contributed by atoms with Gasteiger partial charge in [-0.3, -0.25) is 0 Å². The highest BCUT2D eigenvalue weighted by atomic mass is 16.5. The van der Waals surface area contributed by atoms with E-state index < -0.39 is 0 Å². The number of allylic oxidation sites excluding steroid dienone is 2. The Bertz CT molecular complexity index is 594. The summed E-state index contributed by atoms with van der Waals surface area (Å²) in [6.07, 6.45) is 9.87. The third kappa shape index (κ3) is 3.81. The molecule has 1 atom stereocenters. The lowest BCUT2D eigenvalue weighted by atomic mass is 9.89. The first-order chi connectivity index (χ1) is 10.1. The minimum atomic E-state index is 0.149. The normalized spacial score (nSPS) is 18.8. The van der Waals surface area contributed by atoms with Crippen molar-refractivity contribution in [2.45, 2.75) is 19.4 Å². The number of benzene rings is 1. The molecule has 0 aromatic heterocycles. The zero-order valence-corrected chi connectivity index (χ0v) is 13.0. The van der Waals surface area contributed by atoms with Crippen LogP contribution in [0.25, 0.3) is 5.57 Å². The molecule has 2 rings (SSSR count). The smallest absolute Gasteiger partial charge is 0.0954 e. The number of likely N-dealkylation sites (N-methyl/N-ethyl adjacent to an activating group) is 1. The van der Waals surface area contributed by atoms with Crippen molar-refractivity contribution in [1.82, 2.24) is 4.90 Å². The second-order valence-corrected chi connectivity index (χ2v) is 5.50. The highest BCUT2D eigenvalue weighted by Gasteiger charge is 2.23. The van der Waals surface area contributed by atoms with Crippen LogP contribution in [0.15, 0.2) is 29.3 Å². The van der Waals surface area contributed by atoms with Crippen molar-refractivity contribution >= 4 is 11.8 Å². The van der Waals surface area contributed by atoms with Gasteiger partial charge in [0.05, 0.1) is 12.7 Å². The number of ether oxygens (including phenoxy) is 1. The molecule has 0 radical (unpaired) electrons. The lowest BCUT2D eigenvalue weighted by Gasteiger charge is -2.30. The molecule has 0 unspecified atom stereocenters. The summed E-state index contributed by atoms with van der Waals surface area (Å²) in [6.45, 7) is 3.76. The van der Waals surface area contributed by atoms with Gasteiger partial charge < -0.3 is 9.64 Å². The van der Waals surface area contributed by atoms with Gasteiger partial charge in [-0.15, -0.1) is 0 Å². The fourth-order valence-corrected chi connectivity index (χ4v) is 2.71. The van der Waals surface area contributed by atoms with Gasteiger partial charge in [-0.05, 0) is 55.8 Å². The molecule has 0 amide bonds. The number of rotatable bonds is 4. The van der Waals surface area contributed by atoms with Gasteiger partial charge in [0, 0.05) is 18.8 Å². The average Bonchev–Trinajstić information content (AvgIpc) is 2.46. The van der Waals surface area contributed by atoms with Crippen molar-refractivity contribution < 1.29 is 4.74 Å². The van der Waals surface area contributed by atoms with E-state index >= 15 is 0 Å². The standard InChI is InChI=1S/C18H22N2O/c1-5-19-11-9-14(2)15-7-6-8-17-16(15)10-12-21-18(17)13-20(3)4/h1,6-9,11,18H,10,12-13H2,2-4H3/b14-9+,19-11?/t18-/m1/s1. The monoisotopic (exact) mass is 282 g/mol. The van der Waals surface area contributed by atoms with Gasteiger partial charge in [-0.1, -0.05) is 24.6 Å². The Hall–Kier alpha value is -1.89. The van der Waals surface area contributed by atoms with E-state index in [1.807, 2.05) is 6.08 Å². The number of terminal acetylenes is 1. The van der Waals surface area contributed by atoms with Crippen LogP contribution >= 0.6 is 0 Å². The molecule has 1 heterocycles. The van der Waals surface area contributed by atoms with E-state index in [0.717, 1.165) is 19.6 Å². The van der Waals surface area contributed by atoms with Crippen LogP contribution in [0.2, 0.25) is 0 Å². The van der Waals surface area contributed by atoms with Crippen LogP contribution in [-0.2, 0) is 11.2 Å². The molecular weight excluding hydrogens is 260 g/mol. The van der Waals surface area contributed by atoms with Gasteiger partial charge in [0.2, 0.25) is 0 Å². The molecule has 3 heteroatoms. The summed E-state index contributed by atoms with van der Waals surface area (Å²) in [5, 5.41) is 0. The van der Waals surface area contributed by atoms with E-state index in [1.165, 1.54) is 22.3 Å². The quantitative estimate of drug-likeness (QED) is 0.626. The Balaban J connectivity index is 2.36.